The molecule has 0 saturated heterocycles. The lowest BCUT2D eigenvalue weighted by atomic mass is 9.90. The number of carbonyl (C=O) groups is 1. The molecule has 1 aromatic carbocycles. The first-order chi connectivity index (χ1) is 9.26. The summed E-state index contributed by atoms with van der Waals surface area (Å²) in [6.07, 6.45) is 3.83. The molecule has 19 heavy (non-hydrogen) atoms. The normalized spacial score (nSPS) is 14.5. The van der Waals surface area contributed by atoms with Gasteiger partial charge >= 0.3 is 0 Å². The van der Waals surface area contributed by atoms with E-state index in [1.807, 2.05) is 4.90 Å². The summed E-state index contributed by atoms with van der Waals surface area (Å²) < 4.78 is 0. The molecule has 1 aliphatic rings. The lowest BCUT2D eigenvalue weighted by molar-refractivity contribution is 0.0562. The zero-order valence-electron chi connectivity index (χ0n) is 10.9. The summed E-state index contributed by atoms with van der Waals surface area (Å²) in [4.78, 5) is 14.3. The quantitative estimate of drug-likeness (QED) is 0.877. The van der Waals surface area contributed by atoms with E-state index in [4.69, 9.17) is 10.4 Å². The summed E-state index contributed by atoms with van der Waals surface area (Å²) >= 11 is 0. The van der Waals surface area contributed by atoms with Gasteiger partial charge in [-0.1, -0.05) is 6.07 Å². The summed E-state index contributed by atoms with van der Waals surface area (Å²) in [5.41, 5.74) is 1.06. The Morgan fingerprint density at radius 3 is 2.84 bits per heavy atom. The summed E-state index contributed by atoms with van der Waals surface area (Å²) in [6.45, 7) is 0.672. The number of amides is 1. The topological polar surface area (TPSA) is 64.3 Å². The van der Waals surface area contributed by atoms with E-state index < -0.39 is 0 Å². The van der Waals surface area contributed by atoms with Crippen molar-refractivity contribution >= 4 is 5.91 Å². The van der Waals surface area contributed by atoms with Crippen LogP contribution >= 0.6 is 0 Å². The number of rotatable bonds is 5. The average Bonchev–Trinajstić information content (AvgIpc) is 2.40. The Morgan fingerprint density at radius 2 is 2.26 bits per heavy atom. The maximum absolute atomic E-state index is 12.5. The molecule has 1 amide bonds. The van der Waals surface area contributed by atoms with Crippen LogP contribution in [0.25, 0.3) is 0 Å². The van der Waals surface area contributed by atoms with E-state index in [9.17, 15) is 4.79 Å². The molecule has 1 aromatic rings. The van der Waals surface area contributed by atoms with Crippen LogP contribution in [0.1, 0.15) is 41.6 Å². The van der Waals surface area contributed by atoms with Gasteiger partial charge in [-0.15, -0.1) is 0 Å². The fraction of sp³-hybridized carbons (Fsp3) is 0.467. The molecule has 0 aromatic heterocycles. The first-order valence-electron chi connectivity index (χ1n) is 6.68. The van der Waals surface area contributed by atoms with Crippen molar-refractivity contribution in [3.05, 3.63) is 35.4 Å². The minimum absolute atomic E-state index is 0.0322. The minimum atomic E-state index is -0.0322. The molecular formula is C15H18N2O2. The molecule has 0 spiro atoms. The molecule has 1 saturated carbocycles. The van der Waals surface area contributed by atoms with E-state index in [0.717, 1.165) is 19.3 Å². The number of aliphatic hydroxyl groups excluding tert-OH is 1. The van der Waals surface area contributed by atoms with Gasteiger partial charge in [0.05, 0.1) is 11.6 Å². The van der Waals surface area contributed by atoms with Crippen LogP contribution in [0.15, 0.2) is 24.3 Å². The molecule has 1 N–H and O–H groups in total. The predicted molar refractivity (Wildman–Crippen MR) is 71.5 cm³/mol. The predicted octanol–water partition coefficient (Wildman–Crippen LogP) is 1.94. The van der Waals surface area contributed by atoms with E-state index in [-0.39, 0.29) is 12.5 Å². The smallest absolute Gasteiger partial charge is 0.254 e. The zero-order chi connectivity index (χ0) is 13.7. The summed E-state index contributed by atoms with van der Waals surface area (Å²) in [6, 6.07) is 9.15. The second-order valence-electron chi connectivity index (χ2n) is 4.85. The third-order valence-corrected chi connectivity index (χ3v) is 3.57. The monoisotopic (exact) mass is 258 g/mol. The maximum Gasteiger partial charge on any atom is 0.254 e. The second kappa shape index (κ2) is 6.35. The first kappa shape index (κ1) is 13.6. The van der Waals surface area contributed by atoms with E-state index >= 15 is 0 Å². The molecule has 2 rings (SSSR count). The lowest BCUT2D eigenvalue weighted by Gasteiger charge is -2.37. The van der Waals surface area contributed by atoms with Gasteiger partial charge in [0.15, 0.2) is 0 Å². The van der Waals surface area contributed by atoms with E-state index in [1.54, 1.807) is 24.3 Å². The largest absolute Gasteiger partial charge is 0.396 e. The Balaban J connectivity index is 2.15. The standard InChI is InChI=1S/C15H18N2O2/c16-11-12-4-1-5-13(10-12)15(19)17(8-3-9-18)14-6-2-7-14/h1,4-5,10,14,18H,2-3,6-9H2. The minimum Gasteiger partial charge on any atom is -0.396 e. The van der Waals surface area contributed by atoms with Crippen molar-refractivity contribution in [1.29, 1.82) is 5.26 Å². The van der Waals surface area contributed by atoms with Crippen molar-refractivity contribution in [2.45, 2.75) is 31.7 Å². The Bertz CT molecular complexity index is 489. The van der Waals surface area contributed by atoms with Crippen molar-refractivity contribution < 1.29 is 9.90 Å². The highest BCUT2D eigenvalue weighted by Crippen LogP contribution is 2.26. The molecule has 0 aliphatic heterocycles. The summed E-state index contributed by atoms with van der Waals surface area (Å²) in [7, 11) is 0. The Hall–Kier alpha value is -1.86. The third kappa shape index (κ3) is 3.12. The SMILES string of the molecule is N#Cc1cccc(C(=O)N(CCCO)C2CCC2)c1. The third-order valence-electron chi connectivity index (χ3n) is 3.57. The van der Waals surface area contributed by atoms with Gasteiger partial charge in [0, 0.05) is 24.8 Å². The summed E-state index contributed by atoms with van der Waals surface area (Å²) in [5.74, 6) is -0.0322. The van der Waals surface area contributed by atoms with Crippen LogP contribution in [0.2, 0.25) is 0 Å². The van der Waals surface area contributed by atoms with Crippen molar-refractivity contribution in [2.24, 2.45) is 0 Å². The van der Waals surface area contributed by atoms with Gasteiger partial charge in [-0.25, -0.2) is 0 Å². The molecule has 1 fully saturated rings. The van der Waals surface area contributed by atoms with E-state index in [1.165, 1.54) is 0 Å². The van der Waals surface area contributed by atoms with Crippen LogP contribution in [-0.4, -0.2) is 35.1 Å². The molecule has 0 radical (unpaired) electrons. The van der Waals surface area contributed by atoms with Crippen molar-refractivity contribution in [2.75, 3.05) is 13.2 Å². The molecule has 0 bridgehead atoms. The highest BCUT2D eigenvalue weighted by molar-refractivity contribution is 5.94. The number of benzene rings is 1. The van der Waals surface area contributed by atoms with Crippen molar-refractivity contribution in [3.63, 3.8) is 0 Å². The van der Waals surface area contributed by atoms with Gasteiger partial charge in [-0.3, -0.25) is 4.79 Å². The van der Waals surface area contributed by atoms with E-state index in [0.29, 0.717) is 30.1 Å². The lowest BCUT2D eigenvalue weighted by Crippen LogP contribution is -2.45. The van der Waals surface area contributed by atoms with E-state index in [2.05, 4.69) is 6.07 Å². The Kier molecular flexibility index (Phi) is 4.53. The molecule has 0 heterocycles. The van der Waals surface area contributed by atoms with Crippen LogP contribution in [-0.2, 0) is 0 Å². The van der Waals surface area contributed by atoms with Gasteiger partial charge < -0.3 is 10.0 Å². The van der Waals surface area contributed by atoms with Gasteiger partial charge in [0.2, 0.25) is 0 Å². The van der Waals surface area contributed by atoms with Gasteiger partial charge in [0.1, 0.15) is 0 Å². The number of aliphatic hydroxyl groups is 1. The molecule has 0 atom stereocenters. The molecule has 100 valence electrons. The van der Waals surface area contributed by atoms with Crippen LogP contribution in [0.4, 0.5) is 0 Å². The fourth-order valence-electron chi connectivity index (χ4n) is 2.28. The number of hydrogen-bond donors (Lipinski definition) is 1. The van der Waals surface area contributed by atoms with Crippen LogP contribution < -0.4 is 0 Å². The highest BCUT2D eigenvalue weighted by Gasteiger charge is 2.28. The molecular weight excluding hydrogens is 240 g/mol. The zero-order valence-corrected chi connectivity index (χ0v) is 10.9. The van der Waals surface area contributed by atoms with Crippen LogP contribution in [0, 0.1) is 11.3 Å². The fourth-order valence-corrected chi connectivity index (χ4v) is 2.28. The van der Waals surface area contributed by atoms with Gasteiger partial charge in [-0.2, -0.15) is 5.26 Å². The summed E-state index contributed by atoms with van der Waals surface area (Å²) in [5, 5.41) is 17.8. The van der Waals surface area contributed by atoms with Crippen molar-refractivity contribution in [3.8, 4) is 6.07 Å². The highest BCUT2D eigenvalue weighted by atomic mass is 16.3. The van der Waals surface area contributed by atoms with Crippen molar-refractivity contribution in [1.82, 2.24) is 4.90 Å². The number of hydrogen-bond acceptors (Lipinski definition) is 3. The first-order valence-corrected chi connectivity index (χ1v) is 6.68. The van der Waals surface area contributed by atoms with Gasteiger partial charge in [-0.05, 0) is 43.9 Å². The Morgan fingerprint density at radius 1 is 1.47 bits per heavy atom. The maximum atomic E-state index is 12.5. The second-order valence-corrected chi connectivity index (χ2v) is 4.85. The van der Waals surface area contributed by atoms with Crippen LogP contribution in [0.3, 0.4) is 0 Å². The Labute approximate surface area is 113 Å². The number of carbonyl (C=O) groups excluding carboxylic acids is 1. The molecule has 4 nitrogen and oxygen atoms in total. The molecule has 0 unspecified atom stereocenters. The number of nitriles is 1. The van der Waals surface area contributed by atoms with Gasteiger partial charge in [0.25, 0.3) is 5.91 Å². The molecule has 4 heteroatoms. The molecule has 1 aliphatic carbocycles. The number of nitrogens with zero attached hydrogens (tertiary/aromatic N) is 2. The average molecular weight is 258 g/mol. The van der Waals surface area contributed by atoms with Crippen LogP contribution in [0.5, 0.6) is 0 Å².